The van der Waals surface area contributed by atoms with Gasteiger partial charge in [-0.15, -0.1) is 0 Å². The Bertz CT molecular complexity index is 691. The van der Waals surface area contributed by atoms with Crippen molar-refractivity contribution >= 4 is 17.2 Å². The van der Waals surface area contributed by atoms with Gasteiger partial charge in [-0.3, -0.25) is 4.57 Å². The van der Waals surface area contributed by atoms with Gasteiger partial charge in [0, 0.05) is 13.6 Å². The van der Waals surface area contributed by atoms with E-state index in [1.165, 1.54) is 4.57 Å². The molecule has 1 aromatic carbocycles. The molecule has 1 amide bonds. The van der Waals surface area contributed by atoms with Crippen molar-refractivity contribution in [3.8, 4) is 0 Å². The third-order valence-corrected chi connectivity index (χ3v) is 2.69. The van der Waals surface area contributed by atoms with E-state index >= 15 is 0 Å². The third-order valence-electron chi connectivity index (χ3n) is 2.69. The average Bonchev–Trinajstić information content (AvgIpc) is 2.61. The minimum atomic E-state index is -0.525. The predicted molar refractivity (Wildman–Crippen MR) is 74.5 cm³/mol. The highest BCUT2D eigenvalue weighted by atomic mass is 16.6. The van der Waals surface area contributed by atoms with Gasteiger partial charge in [0.2, 0.25) is 0 Å². The molecular weight excluding hydrogens is 260 g/mol. The van der Waals surface area contributed by atoms with Gasteiger partial charge in [-0.25, -0.2) is 9.59 Å². The number of hydrogen-bond acceptors (Lipinski definition) is 4. The van der Waals surface area contributed by atoms with Crippen LogP contribution in [0, 0.1) is 0 Å². The Morgan fingerprint density at radius 2 is 2.10 bits per heavy atom. The van der Waals surface area contributed by atoms with Gasteiger partial charge in [-0.2, -0.15) is 0 Å². The predicted octanol–water partition coefficient (Wildman–Crippen LogP) is 2.16. The van der Waals surface area contributed by atoms with E-state index in [0.29, 0.717) is 17.6 Å². The van der Waals surface area contributed by atoms with Crippen LogP contribution in [0.2, 0.25) is 0 Å². The number of carbonyl (C=O) groups excluding carboxylic acids is 1. The Labute approximate surface area is 116 Å². The van der Waals surface area contributed by atoms with Crippen LogP contribution in [0.15, 0.2) is 27.4 Å². The fourth-order valence-corrected chi connectivity index (χ4v) is 1.77. The third kappa shape index (κ3) is 3.20. The number of hydrogen-bond donors (Lipinski definition) is 1. The highest BCUT2D eigenvalue weighted by Gasteiger charge is 2.15. The molecule has 1 aromatic heterocycles. The van der Waals surface area contributed by atoms with E-state index in [2.05, 4.69) is 5.32 Å². The standard InChI is InChI=1S/C14H18N2O4/c1-14(2,3)20-12(17)15-8-9-5-6-11-10(7-9)16(4)13(18)19-11/h5-7H,8H2,1-4H3,(H,15,17). The van der Waals surface area contributed by atoms with Gasteiger partial charge in [0.05, 0.1) is 5.52 Å². The number of aromatic nitrogens is 1. The number of alkyl carbamates (subject to hydrolysis) is 1. The van der Waals surface area contributed by atoms with E-state index in [1.54, 1.807) is 46.0 Å². The highest BCUT2D eigenvalue weighted by Crippen LogP contribution is 2.14. The van der Waals surface area contributed by atoms with Crippen LogP contribution in [0.25, 0.3) is 11.1 Å². The number of nitrogens with zero attached hydrogens (tertiary/aromatic N) is 1. The van der Waals surface area contributed by atoms with E-state index in [9.17, 15) is 9.59 Å². The van der Waals surface area contributed by atoms with Crippen molar-refractivity contribution < 1.29 is 13.9 Å². The number of carbonyl (C=O) groups is 1. The molecule has 6 heteroatoms. The first-order valence-electron chi connectivity index (χ1n) is 6.31. The van der Waals surface area contributed by atoms with Gasteiger partial charge in [0.15, 0.2) is 5.58 Å². The van der Waals surface area contributed by atoms with Gasteiger partial charge in [0.1, 0.15) is 5.60 Å². The Morgan fingerprint density at radius 3 is 2.75 bits per heavy atom. The molecule has 0 unspecified atom stereocenters. The lowest BCUT2D eigenvalue weighted by molar-refractivity contribution is 0.0523. The van der Waals surface area contributed by atoms with Crippen LogP contribution in [-0.4, -0.2) is 16.3 Å². The molecule has 0 spiro atoms. The summed E-state index contributed by atoms with van der Waals surface area (Å²) in [6.45, 7) is 5.74. The summed E-state index contributed by atoms with van der Waals surface area (Å²) in [7, 11) is 1.64. The highest BCUT2D eigenvalue weighted by molar-refractivity contribution is 5.74. The molecular formula is C14H18N2O4. The molecule has 2 aromatic rings. The minimum absolute atomic E-state index is 0.324. The molecule has 0 atom stereocenters. The second-order valence-corrected chi connectivity index (χ2v) is 5.58. The summed E-state index contributed by atoms with van der Waals surface area (Å²) in [5.74, 6) is -0.405. The van der Waals surface area contributed by atoms with Gasteiger partial charge >= 0.3 is 11.8 Å². The lowest BCUT2D eigenvalue weighted by atomic mass is 10.2. The summed E-state index contributed by atoms with van der Waals surface area (Å²) in [6, 6.07) is 5.31. The molecule has 20 heavy (non-hydrogen) atoms. The van der Waals surface area contributed by atoms with Crippen molar-refractivity contribution in [1.82, 2.24) is 9.88 Å². The van der Waals surface area contributed by atoms with Gasteiger partial charge < -0.3 is 14.5 Å². The summed E-state index contributed by atoms with van der Waals surface area (Å²) < 4.78 is 11.6. The van der Waals surface area contributed by atoms with Gasteiger partial charge in [-0.05, 0) is 38.5 Å². The molecule has 0 aliphatic carbocycles. The smallest absolute Gasteiger partial charge is 0.419 e. The van der Waals surface area contributed by atoms with Crippen LogP contribution in [0.4, 0.5) is 4.79 Å². The number of fused-ring (bicyclic) bond motifs is 1. The molecule has 108 valence electrons. The number of amides is 1. The zero-order chi connectivity index (χ0) is 14.9. The molecule has 0 saturated carbocycles. The maximum atomic E-state index is 11.6. The number of aryl methyl sites for hydroxylation is 1. The fourth-order valence-electron chi connectivity index (χ4n) is 1.77. The van der Waals surface area contributed by atoms with E-state index < -0.39 is 17.5 Å². The first-order chi connectivity index (χ1) is 9.26. The second kappa shape index (κ2) is 5.03. The SMILES string of the molecule is Cn1c(=O)oc2ccc(CNC(=O)OC(C)(C)C)cc21. The molecule has 0 radical (unpaired) electrons. The normalized spacial score (nSPS) is 11.6. The van der Waals surface area contributed by atoms with Crippen LogP contribution < -0.4 is 11.1 Å². The van der Waals surface area contributed by atoms with Crippen LogP contribution in [0.1, 0.15) is 26.3 Å². The average molecular weight is 278 g/mol. The van der Waals surface area contributed by atoms with Crippen molar-refractivity contribution in [2.24, 2.45) is 7.05 Å². The zero-order valence-corrected chi connectivity index (χ0v) is 12.0. The summed E-state index contributed by atoms with van der Waals surface area (Å²) >= 11 is 0. The Kier molecular flexibility index (Phi) is 3.57. The van der Waals surface area contributed by atoms with Crippen LogP contribution in [0.3, 0.4) is 0 Å². The molecule has 0 fully saturated rings. The summed E-state index contributed by atoms with van der Waals surface area (Å²) in [6.07, 6.45) is -0.473. The largest absolute Gasteiger partial charge is 0.444 e. The van der Waals surface area contributed by atoms with Crippen molar-refractivity contribution in [3.63, 3.8) is 0 Å². The van der Waals surface area contributed by atoms with Crippen molar-refractivity contribution in [2.45, 2.75) is 32.9 Å². The molecule has 1 N–H and O–H groups in total. The van der Waals surface area contributed by atoms with Gasteiger partial charge in [-0.1, -0.05) is 6.07 Å². The van der Waals surface area contributed by atoms with Gasteiger partial charge in [0.25, 0.3) is 0 Å². The number of nitrogens with one attached hydrogen (secondary N) is 1. The molecule has 0 aliphatic heterocycles. The maximum Gasteiger partial charge on any atom is 0.419 e. The topological polar surface area (TPSA) is 73.5 Å². The van der Waals surface area contributed by atoms with E-state index in [1.807, 2.05) is 0 Å². The Morgan fingerprint density at radius 1 is 1.40 bits per heavy atom. The molecule has 1 heterocycles. The maximum absolute atomic E-state index is 11.6. The monoisotopic (exact) mass is 278 g/mol. The molecule has 0 aliphatic rings. The molecule has 2 rings (SSSR count). The lowest BCUT2D eigenvalue weighted by Gasteiger charge is -2.19. The lowest BCUT2D eigenvalue weighted by Crippen LogP contribution is -2.32. The van der Waals surface area contributed by atoms with E-state index in [4.69, 9.17) is 9.15 Å². The zero-order valence-electron chi connectivity index (χ0n) is 12.0. The summed E-state index contributed by atoms with van der Waals surface area (Å²) in [4.78, 5) is 22.9. The van der Waals surface area contributed by atoms with Crippen molar-refractivity contribution in [2.75, 3.05) is 0 Å². The Hall–Kier alpha value is -2.24. The second-order valence-electron chi connectivity index (χ2n) is 5.58. The first-order valence-corrected chi connectivity index (χ1v) is 6.31. The number of ether oxygens (including phenoxy) is 1. The van der Waals surface area contributed by atoms with Crippen molar-refractivity contribution in [3.05, 3.63) is 34.3 Å². The minimum Gasteiger partial charge on any atom is -0.444 e. The summed E-state index contributed by atoms with van der Waals surface area (Å²) in [5, 5.41) is 2.67. The number of oxazole rings is 1. The molecule has 0 bridgehead atoms. The van der Waals surface area contributed by atoms with Crippen LogP contribution in [-0.2, 0) is 18.3 Å². The van der Waals surface area contributed by atoms with Crippen LogP contribution >= 0.6 is 0 Å². The van der Waals surface area contributed by atoms with E-state index in [0.717, 1.165) is 5.56 Å². The molecule has 0 saturated heterocycles. The Balaban J connectivity index is 2.09. The van der Waals surface area contributed by atoms with Crippen molar-refractivity contribution in [1.29, 1.82) is 0 Å². The summed E-state index contributed by atoms with van der Waals surface area (Å²) in [5.41, 5.74) is 1.56. The number of benzene rings is 1. The van der Waals surface area contributed by atoms with Crippen LogP contribution in [0.5, 0.6) is 0 Å². The molecule has 6 nitrogen and oxygen atoms in total. The van der Waals surface area contributed by atoms with E-state index in [-0.39, 0.29) is 0 Å². The quantitative estimate of drug-likeness (QED) is 0.913. The fraction of sp³-hybridized carbons (Fsp3) is 0.429. The first kappa shape index (κ1) is 14.2. The number of rotatable bonds is 2.